The van der Waals surface area contributed by atoms with Crippen LogP contribution in [0.5, 0.6) is 0 Å². The van der Waals surface area contributed by atoms with Crippen molar-refractivity contribution in [2.24, 2.45) is 0 Å². The molecule has 1 rings (SSSR count). The lowest BCUT2D eigenvalue weighted by Crippen LogP contribution is -2.33. The second-order valence-corrected chi connectivity index (χ2v) is 2.98. The molecule has 0 saturated carbocycles. The molecule has 82 valence electrons. The van der Waals surface area contributed by atoms with Crippen molar-refractivity contribution in [1.29, 1.82) is 0 Å². The summed E-state index contributed by atoms with van der Waals surface area (Å²) in [7, 11) is 2.74. The van der Waals surface area contributed by atoms with Gasteiger partial charge in [0.1, 0.15) is 12.4 Å². The Balaban J connectivity index is 2.64. The van der Waals surface area contributed by atoms with E-state index in [1.165, 1.54) is 19.1 Å². The zero-order valence-corrected chi connectivity index (χ0v) is 8.77. The third-order valence-corrected chi connectivity index (χ3v) is 1.73. The third-order valence-electron chi connectivity index (χ3n) is 1.73. The molecule has 15 heavy (non-hydrogen) atoms. The highest BCUT2D eigenvalue weighted by atomic mass is 16.5. The number of rotatable bonds is 3. The van der Waals surface area contributed by atoms with Crippen molar-refractivity contribution >= 4 is 11.9 Å². The Labute approximate surface area is 86.4 Å². The average molecular weight is 212 g/mol. The molecule has 0 spiro atoms. The quantitative estimate of drug-likeness (QED) is 0.673. The number of hydrogen-bond acceptors (Lipinski definition) is 5. The monoisotopic (exact) mass is 212 g/mol. The summed E-state index contributed by atoms with van der Waals surface area (Å²) in [5, 5.41) is 6.24. The highest BCUT2D eigenvalue weighted by Gasteiger charge is 2.18. The molecule has 0 aromatic carbocycles. The van der Waals surface area contributed by atoms with Gasteiger partial charge in [-0.2, -0.15) is 0 Å². The van der Waals surface area contributed by atoms with Crippen molar-refractivity contribution in [2.45, 2.75) is 6.92 Å². The largest absolute Gasteiger partial charge is 0.468 e. The number of aromatic amines is 1. The molecule has 1 aromatic heterocycles. The van der Waals surface area contributed by atoms with Gasteiger partial charge in [-0.05, 0) is 6.92 Å². The zero-order chi connectivity index (χ0) is 11.4. The van der Waals surface area contributed by atoms with Gasteiger partial charge >= 0.3 is 5.97 Å². The van der Waals surface area contributed by atoms with E-state index in [0.29, 0.717) is 5.82 Å². The minimum absolute atomic E-state index is 0.0407. The summed E-state index contributed by atoms with van der Waals surface area (Å²) in [5.74, 6) is -0.327. The third kappa shape index (κ3) is 2.76. The maximum atomic E-state index is 11.6. The minimum atomic E-state index is -0.488. The molecule has 1 amide bonds. The van der Waals surface area contributed by atoms with Crippen molar-refractivity contribution in [3.63, 3.8) is 0 Å². The van der Waals surface area contributed by atoms with E-state index in [0.717, 1.165) is 0 Å². The molecule has 1 heterocycles. The number of ether oxygens (including phenoxy) is 1. The molecule has 1 aromatic rings. The van der Waals surface area contributed by atoms with E-state index in [2.05, 4.69) is 19.9 Å². The highest BCUT2D eigenvalue weighted by molar-refractivity contribution is 5.92. The van der Waals surface area contributed by atoms with Gasteiger partial charge in [-0.25, -0.2) is 4.98 Å². The van der Waals surface area contributed by atoms with Gasteiger partial charge < -0.3 is 9.64 Å². The Morgan fingerprint density at radius 2 is 2.20 bits per heavy atom. The Morgan fingerprint density at radius 3 is 2.67 bits per heavy atom. The lowest BCUT2D eigenvalue weighted by molar-refractivity contribution is -0.141. The van der Waals surface area contributed by atoms with E-state index in [4.69, 9.17) is 0 Å². The molecule has 0 radical (unpaired) electrons. The Morgan fingerprint density at radius 1 is 1.53 bits per heavy atom. The van der Waals surface area contributed by atoms with Gasteiger partial charge in [-0.15, -0.1) is 5.10 Å². The number of aryl methyl sites for hydroxylation is 1. The van der Waals surface area contributed by atoms with Crippen LogP contribution in [0.25, 0.3) is 0 Å². The Hall–Kier alpha value is -1.92. The fourth-order valence-electron chi connectivity index (χ4n) is 0.939. The van der Waals surface area contributed by atoms with Crippen LogP contribution in [0.3, 0.4) is 0 Å². The SMILES string of the molecule is COC(=O)CN(C)C(=O)c1n[nH]c(C)n1. The molecule has 0 aliphatic rings. The predicted molar refractivity (Wildman–Crippen MR) is 50.1 cm³/mol. The summed E-state index contributed by atoms with van der Waals surface area (Å²) < 4.78 is 4.43. The molecule has 0 bridgehead atoms. The molecule has 0 atom stereocenters. The van der Waals surface area contributed by atoms with Crippen LogP contribution in [0.4, 0.5) is 0 Å². The van der Waals surface area contributed by atoms with Crippen LogP contribution in [0.15, 0.2) is 0 Å². The van der Waals surface area contributed by atoms with Crippen LogP contribution in [0.2, 0.25) is 0 Å². The topological polar surface area (TPSA) is 88.2 Å². The number of nitrogens with zero attached hydrogens (tertiary/aromatic N) is 3. The summed E-state index contributed by atoms with van der Waals surface area (Å²) in [6, 6.07) is 0. The number of methoxy groups -OCH3 is 1. The van der Waals surface area contributed by atoms with Crippen LogP contribution in [0, 0.1) is 6.92 Å². The van der Waals surface area contributed by atoms with Crippen LogP contribution in [-0.4, -0.2) is 52.7 Å². The number of aromatic nitrogens is 3. The van der Waals surface area contributed by atoms with E-state index in [1.54, 1.807) is 6.92 Å². The van der Waals surface area contributed by atoms with Crippen LogP contribution in [0.1, 0.15) is 16.4 Å². The number of H-pyrrole nitrogens is 1. The first-order valence-electron chi connectivity index (χ1n) is 4.26. The van der Waals surface area contributed by atoms with E-state index in [9.17, 15) is 9.59 Å². The lowest BCUT2D eigenvalue weighted by atomic mass is 10.4. The number of hydrogen-bond donors (Lipinski definition) is 1. The molecule has 0 unspecified atom stereocenters. The smallest absolute Gasteiger partial charge is 0.325 e. The van der Waals surface area contributed by atoms with Gasteiger partial charge in [0.25, 0.3) is 5.91 Å². The molecular weight excluding hydrogens is 200 g/mol. The second kappa shape index (κ2) is 4.54. The molecule has 0 fully saturated rings. The maximum Gasteiger partial charge on any atom is 0.325 e. The van der Waals surface area contributed by atoms with E-state index in [1.807, 2.05) is 0 Å². The molecule has 0 saturated heterocycles. The standard InChI is InChI=1S/C8H12N4O3/c1-5-9-7(11-10-5)8(14)12(2)4-6(13)15-3/h4H2,1-3H3,(H,9,10,11). The van der Waals surface area contributed by atoms with Gasteiger partial charge in [0, 0.05) is 7.05 Å². The number of carbonyl (C=O) groups excluding carboxylic acids is 2. The molecule has 7 heteroatoms. The fraction of sp³-hybridized carbons (Fsp3) is 0.500. The molecule has 7 nitrogen and oxygen atoms in total. The Bertz CT molecular complexity index is 374. The van der Waals surface area contributed by atoms with Gasteiger partial charge in [0.05, 0.1) is 7.11 Å². The number of likely N-dealkylation sites (N-methyl/N-ethyl adjacent to an activating group) is 1. The first kappa shape index (κ1) is 11.2. The highest BCUT2D eigenvalue weighted by Crippen LogP contribution is 1.97. The van der Waals surface area contributed by atoms with Crippen molar-refractivity contribution in [1.82, 2.24) is 20.1 Å². The van der Waals surface area contributed by atoms with Crippen LogP contribution >= 0.6 is 0 Å². The van der Waals surface area contributed by atoms with Gasteiger partial charge in [-0.1, -0.05) is 0 Å². The van der Waals surface area contributed by atoms with Crippen molar-refractivity contribution in [2.75, 3.05) is 20.7 Å². The van der Waals surface area contributed by atoms with Crippen molar-refractivity contribution < 1.29 is 14.3 Å². The lowest BCUT2D eigenvalue weighted by Gasteiger charge is -2.12. The molecule has 1 N–H and O–H groups in total. The summed E-state index contributed by atoms with van der Waals surface area (Å²) in [5.41, 5.74) is 0. The molecule has 0 aliphatic carbocycles. The van der Waals surface area contributed by atoms with Gasteiger partial charge in [0.15, 0.2) is 0 Å². The summed E-state index contributed by atoms with van der Waals surface area (Å²) in [4.78, 5) is 27.5. The fourth-order valence-corrected chi connectivity index (χ4v) is 0.939. The van der Waals surface area contributed by atoms with Crippen LogP contribution in [-0.2, 0) is 9.53 Å². The van der Waals surface area contributed by atoms with E-state index >= 15 is 0 Å². The summed E-state index contributed by atoms with van der Waals surface area (Å²) in [6.07, 6.45) is 0. The number of amides is 1. The first-order chi connectivity index (χ1) is 7.04. The van der Waals surface area contributed by atoms with Gasteiger partial charge in [0.2, 0.25) is 5.82 Å². The average Bonchev–Trinajstić information content (AvgIpc) is 2.63. The predicted octanol–water partition coefficient (Wildman–Crippen LogP) is -0.642. The van der Waals surface area contributed by atoms with Gasteiger partial charge in [-0.3, -0.25) is 14.7 Å². The minimum Gasteiger partial charge on any atom is -0.468 e. The molecule has 0 aliphatic heterocycles. The molecular formula is C8H12N4O3. The van der Waals surface area contributed by atoms with E-state index < -0.39 is 11.9 Å². The Kier molecular flexibility index (Phi) is 3.37. The maximum absolute atomic E-state index is 11.6. The van der Waals surface area contributed by atoms with E-state index in [-0.39, 0.29) is 12.4 Å². The number of carbonyl (C=O) groups is 2. The van der Waals surface area contributed by atoms with Crippen molar-refractivity contribution in [3.8, 4) is 0 Å². The number of nitrogens with one attached hydrogen (secondary N) is 1. The van der Waals surface area contributed by atoms with Crippen LogP contribution < -0.4 is 0 Å². The summed E-state index contributed by atoms with van der Waals surface area (Å²) >= 11 is 0. The zero-order valence-electron chi connectivity index (χ0n) is 8.77. The second-order valence-electron chi connectivity index (χ2n) is 2.98. The summed E-state index contributed by atoms with van der Waals surface area (Å²) in [6.45, 7) is 1.56. The van der Waals surface area contributed by atoms with Crippen molar-refractivity contribution in [3.05, 3.63) is 11.6 Å². The first-order valence-corrected chi connectivity index (χ1v) is 4.26. The normalized spacial score (nSPS) is 9.80. The number of esters is 1.